The first-order valence-corrected chi connectivity index (χ1v) is 6.74. The molecule has 0 saturated carbocycles. The Hall–Kier alpha value is -1.32. The Labute approximate surface area is 109 Å². The summed E-state index contributed by atoms with van der Waals surface area (Å²) < 4.78 is 0. The summed E-state index contributed by atoms with van der Waals surface area (Å²) in [7, 11) is 0. The number of fused-ring (bicyclic) bond motifs is 1. The van der Waals surface area contributed by atoms with Crippen LogP contribution in [0, 0.1) is 5.92 Å². The van der Waals surface area contributed by atoms with Crippen molar-refractivity contribution in [3.05, 3.63) is 36.0 Å². The SMILES string of the molecule is CC(C)CNCCNCc1cccc2[nH]ccc12. The molecule has 3 N–H and O–H groups in total. The largest absolute Gasteiger partial charge is 0.361 e. The standard InChI is InChI=1S/C15H23N3/c1-12(2)10-16-8-9-17-11-13-4-3-5-15-14(13)6-7-18-15/h3-7,12,16-18H,8-11H2,1-2H3. The van der Waals surface area contributed by atoms with E-state index in [9.17, 15) is 0 Å². The number of benzene rings is 1. The van der Waals surface area contributed by atoms with Gasteiger partial charge in [-0.3, -0.25) is 0 Å². The van der Waals surface area contributed by atoms with Crippen molar-refractivity contribution in [2.24, 2.45) is 5.92 Å². The molecule has 1 aromatic heterocycles. The summed E-state index contributed by atoms with van der Waals surface area (Å²) in [6.45, 7) is 8.52. The fourth-order valence-corrected chi connectivity index (χ4v) is 2.10. The molecule has 3 nitrogen and oxygen atoms in total. The third kappa shape index (κ3) is 3.59. The van der Waals surface area contributed by atoms with E-state index in [2.05, 4.69) is 53.7 Å². The Morgan fingerprint density at radius 1 is 1.11 bits per heavy atom. The first-order chi connectivity index (χ1) is 8.77. The maximum Gasteiger partial charge on any atom is 0.0457 e. The van der Waals surface area contributed by atoms with Crippen LogP contribution in [-0.4, -0.2) is 24.6 Å². The smallest absolute Gasteiger partial charge is 0.0457 e. The summed E-state index contributed by atoms with van der Waals surface area (Å²) in [5.74, 6) is 0.721. The van der Waals surface area contributed by atoms with Gasteiger partial charge in [-0.05, 0) is 30.2 Å². The second-order valence-electron chi connectivity index (χ2n) is 5.13. The highest BCUT2D eigenvalue weighted by atomic mass is 14.9. The number of aromatic nitrogens is 1. The van der Waals surface area contributed by atoms with Gasteiger partial charge >= 0.3 is 0 Å². The zero-order chi connectivity index (χ0) is 12.8. The van der Waals surface area contributed by atoms with Gasteiger partial charge in [0.1, 0.15) is 0 Å². The highest BCUT2D eigenvalue weighted by Crippen LogP contribution is 2.16. The van der Waals surface area contributed by atoms with Crippen LogP contribution in [0.3, 0.4) is 0 Å². The molecule has 2 rings (SSSR count). The lowest BCUT2D eigenvalue weighted by atomic mass is 10.1. The van der Waals surface area contributed by atoms with Gasteiger partial charge in [-0.2, -0.15) is 0 Å². The van der Waals surface area contributed by atoms with Gasteiger partial charge in [0.15, 0.2) is 0 Å². The van der Waals surface area contributed by atoms with Crippen molar-refractivity contribution < 1.29 is 0 Å². The summed E-state index contributed by atoms with van der Waals surface area (Å²) in [6, 6.07) is 8.55. The lowest BCUT2D eigenvalue weighted by Gasteiger charge is -2.09. The van der Waals surface area contributed by atoms with Gasteiger partial charge in [-0.15, -0.1) is 0 Å². The fraction of sp³-hybridized carbons (Fsp3) is 0.467. The van der Waals surface area contributed by atoms with Crippen LogP contribution in [0.4, 0.5) is 0 Å². The van der Waals surface area contributed by atoms with Gasteiger partial charge in [0.25, 0.3) is 0 Å². The first-order valence-electron chi connectivity index (χ1n) is 6.74. The molecule has 1 aromatic carbocycles. The molecule has 0 atom stereocenters. The number of rotatable bonds is 7. The van der Waals surface area contributed by atoms with E-state index in [0.717, 1.165) is 32.1 Å². The molecule has 0 unspecified atom stereocenters. The predicted molar refractivity (Wildman–Crippen MR) is 77.7 cm³/mol. The van der Waals surface area contributed by atoms with E-state index in [-0.39, 0.29) is 0 Å². The molecule has 98 valence electrons. The Bertz CT molecular complexity index is 473. The third-order valence-corrected chi connectivity index (χ3v) is 3.03. The third-order valence-electron chi connectivity index (χ3n) is 3.03. The van der Waals surface area contributed by atoms with E-state index in [0.29, 0.717) is 0 Å². The van der Waals surface area contributed by atoms with Crippen molar-refractivity contribution in [3.8, 4) is 0 Å². The van der Waals surface area contributed by atoms with Gasteiger partial charge in [0.2, 0.25) is 0 Å². The fourth-order valence-electron chi connectivity index (χ4n) is 2.10. The van der Waals surface area contributed by atoms with Gasteiger partial charge in [0.05, 0.1) is 0 Å². The zero-order valence-corrected chi connectivity index (χ0v) is 11.3. The molecule has 0 aliphatic heterocycles. The van der Waals surface area contributed by atoms with E-state index < -0.39 is 0 Å². The number of hydrogen-bond donors (Lipinski definition) is 3. The van der Waals surface area contributed by atoms with E-state index in [1.165, 1.54) is 16.5 Å². The van der Waals surface area contributed by atoms with Crippen molar-refractivity contribution in [1.29, 1.82) is 0 Å². The lowest BCUT2D eigenvalue weighted by Crippen LogP contribution is -2.29. The van der Waals surface area contributed by atoms with Crippen LogP contribution < -0.4 is 10.6 Å². The van der Waals surface area contributed by atoms with Crippen LogP contribution >= 0.6 is 0 Å². The average molecular weight is 245 g/mol. The van der Waals surface area contributed by atoms with E-state index in [4.69, 9.17) is 0 Å². The Morgan fingerprint density at radius 2 is 1.94 bits per heavy atom. The minimum absolute atomic E-state index is 0.721. The number of nitrogens with one attached hydrogen (secondary N) is 3. The average Bonchev–Trinajstić information content (AvgIpc) is 2.82. The van der Waals surface area contributed by atoms with Crippen molar-refractivity contribution in [2.75, 3.05) is 19.6 Å². The van der Waals surface area contributed by atoms with Crippen LogP contribution in [0.2, 0.25) is 0 Å². The molecule has 0 bridgehead atoms. The molecule has 0 radical (unpaired) electrons. The van der Waals surface area contributed by atoms with Crippen LogP contribution in [0.1, 0.15) is 19.4 Å². The van der Waals surface area contributed by atoms with Crippen LogP contribution in [0.5, 0.6) is 0 Å². The highest BCUT2D eigenvalue weighted by Gasteiger charge is 2.00. The monoisotopic (exact) mass is 245 g/mol. The van der Waals surface area contributed by atoms with Crippen LogP contribution in [0.25, 0.3) is 10.9 Å². The van der Waals surface area contributed by atoms with Crippen LogP contribution in [0.15, 0.2) is 30.5 Å². The molecule has 18 heavy (non-hydrogen) atoms. The molecule has 0 amide bonds. The zero-order valence-electron chi connectivity index (χ0n) is 11.3. The van der Waals surface area contributed by atoms with Gasteiger partial charge in [-0.1, -0.05) is 26.0 Å². The topological polar surface area (TPSA) is 39.8 Å². The maximum atomic E-state index is 3.48. The summed E-state index contributed by atoms with van der Waals surface area (Å²) in [5, 5.41) is 8.24. The quantitative estimate of drug-likeness (QED) is 0.656. The van der Waals surface area contributed by atoms with Crippen molar-refractivity contribution in [3.63, 3.8) is 0 Å². The van der Waals surface area contributed by atoms with Crippen molar-refractivity contribution >= 4 is 10.9 Å². The molecule has 0 spiro atoms. The van der Waals surface area contributed by atoms with E-state index in [1.807, 2.05) is 6.20 Å². The van der Waals surface area contributed by atoms with Crippen molar-refractivity contribution in [1.82, 2.24) is 15.6 Å². The summed E-state index contributed by atoms with van der Waals surface area (Å²) in [6.07, 6.45) is 2.00. The number of H-pyrrole nitrogens is 1. The lowest BCUT2D eigenvalue weighted by molar-refractivity contribution is 0.536. The molecule has 0 fully saturated rings. The maximum absolute atomic E-state index is 3.48. The number of hydrogen-bond acceptors (Lipinski definition) is 2. The van der Waals surface area contributed by atoms with Crippen molar-refractivity contribution in [2.45, 2.75) is 20.4 Å². The molecule has 0 aliphatic rings. The molecule has 2 aromatic rings. The summed E-state index contributed by atoms with van der Waals surface area (Å²) in [4.78, 5) is 3.24. The minimum Gasteiger partial charge on any atom is -0.361 e. The minimum atomic E-state index is 0.721. The number of aromatic amines is 1. The molecule has 0 aliphatic carbocycles. The molecule has 1 heterocycles. The first kappa shape index (κ1) is 13.1. The van der Waals surface area contributed by atoms with Gasteiger partial charge in [0, 0.05) is 36.7 Å². The molecular formula is C15H23N3. The Kier molecular flexibility index (Phi) is 4.79. The normalized spacial score (nSPS) is 11.5. The molecule has 0 saturated heterocycles. The summed E-state index contributed by atoms with van der Waals surface area (Å²) in [5.41, 5.74) is 2.57. The second kappa shape index (κ2) is 6.57. The second-order valence-corrected chi connectivity index (χ2v) is 5.13. The Balaban J connectivity index is 1.75. The van der Waals surface area contributed by atoms with Crippen LogP contribution in [-0.2, 0) is 6.54 Å². The molecule has 3 heteroatoms. The predicted octanol–water partition coefficient (Wildman–Crippen LogP) is 2.50. The summed E-state index contributed by atoms with van der Waals surface area (Å²) >= 11 is 0. The van der Waals surface area contributed by atoms with E-state index in [1.54, 1.807) is 0 Å². The van der Waals surface area contributed by atoms with E-state index >= 15 is 0 Å². The van der Waals surface area contributed by atoms with Gasteiger partial charge < -0.3 is 15.6 Å². The molecular weight excluding hydrogens is 222 g/mol. The van der Waals surface area contributed by atoms with Gasteiger partial charge in [-0.25, -0.2) is 0 Å². The Morgan fingerprint density at radius 3 is 2.78 bits per heavy atom. The highest BCUT2D eigenvalue weighted by molar-refractivity contribution is 5.82.